The Balaban J connectivity index is 2.08. The number of carbonyl (C=O) groups excluding carboxylic acids is 1. The van der Waals surface area contributed by atoms with Gasteiger partial charge in [-0.25, -0.2) is 17.1 Å². The van der Waals surface area contributed by atoms with E-state index in [4.69, 9.17) is 0 Å². The standard InChI is InChI=1S/C19H24FN3O3S/c1-13(17-10-5-6-11-18(17)20)21-14(2)19(24)22-15-8-7-9-16(12-15)27(25,26)23(3)4/h5-14,21H,1-4H3,(H,22,24). The Morgan fingerprint density at radius 2 is 1.74 bits per heavy atom. The zero-order valence-corrected chi connectivity index (χ0v) is 16.5. The molecule has 2 unspecified atom stereocenters. The third kappa shape index (κ3) is 5.12. The summed E-state index contributed by atoms with van der Waals surface area (Å²) < 4.78 is 39.4. The lowest BCUT2D eigenvalue weighted by Crippen LogP contribution is -2.39. The molecule has 0 bridgehead atoms. The van der Waals surface area contributed by atoms with Gasteiger partial charge in [-0.05, 0) is 38.1 Å². The van der Waals surface area contributed by atoms with Crippen LogP contribution in [0.1, 0.15) is 25.5 Å². The number of hydrogen-bond donors (Lipinski definition) is 2. The Morgan fingerprint density at radius 3 is 2.37 bits per heavy atom. The third-order valence-electron chi connectivity index (χ3n) is 4.15. The molecular formula is C19H24FN3O3S. The van der Waals surface area contributed by atoms with Crippen LogP contribution in [0.15, 0.2) is 53.4 Å². The number of hydrogen-bond acceptors (Lipinski definition) is 4. The molecule has 2 aromatic carbocycles. The summed E-state index contributed by atoms with van der Waals surface area (Å²) in [6.07, 6.45) is 0. The highest BCUT2D eigenvalue weighted by Crippen LogP contribution is 2.19. The summed E-state index contributed by atoms with van der Waals surface area (Å²) in [5, 5.41) is 5.73. The molecule has 0 aliphatic rings. The van der Waals surface area contributed by atoms with Crippen LogP contribution in [0.4, 0.5) is 10.1 Å². The van der Waals surface area contributed by atoms with Gasteiger partial charge < -0.3 is 5.32 Å². The van der Waals surface area contributed by atoms with E-state index >= 15 is 0 Å². The highest BCUT2D eigenvalue weighted by Gasteiger charge is 2.20. The first-order valence-corrected chi connectivity index (χ1v) is 9.91. The van der Waals surface area contributed by atoms with Gasteiger partial charge in [-0.2, -0.15) is 0 Å². The largest absolute Gasteiger partial charge is 0.325 e. The number of carbonyl (C=O) groups is 1. The molecule has 6 nitrogen and oxygen atoms in total. The molecule has 1 amide bonds. The number of benzene rings is 2. The van der Waals surface area contributed by atoms with Gasteiger partial charge in [0.15, 0.2) is 0 Å². The maximum Gasteiger partial charge on any atom is 0.242 e. The third-order valence-corrected chi connectivity index (χ3v) is 5.96. The van der Waals surface area contributed by atoms with Gasteiger partial charge in [-0.15, -0.1) is 0 Å². The number of nitrogens with zero attached hydrogens (tertiary/aromatic N) is 1. The Hall–Kier alpha value is -2.29. The predicted octanol–water partition coefficient (Wildman–Crippen LogP) is 2.75. The topological polar surface area (TPSA) is 78.5 Å². The summed E-state index contributed by atoms with van der Waals surface area (Å²) in [6, 6.07) is 11.4. The van der Waals surface area contributed by atoms with Gasteiger partial charge in [-0.1, -0.05) is 24.3 Å². The van der Waals surface area contributed by atoms with Gasteiger partial charge >= 0.3 is 0 Å². The molecule has 0 spiro atoms. The molecule has 0 aliphatic heterocycles. The van der Waals surface area contributed by atoms with Gasteiger partial charge in [-0.3, -0.25) is 10.1 Å². The van der Waals surface area contributed by atoms with Crippen molar-refractivity contribution in [2.24, 2.45) is 0 Å². The number of amides is 1. The minimum Gasteiger partial charge on any atom is -0.325 e. The lowest BCUT2D eigenvalue weighted by atomic mass is 10.1. The Kier molecular flexibility index (Phi) is 6.69. The molecule has 0 saturated heterocycles. The first kappa shape index (κ1) is 21.0. The van der Waals surface area contributed by atoms with Crippen molar-refractivity contribution in [3.63, 3.8) is 0 Å². The van der Waals surface area contributed by atoms with Crippen molar-refractivity contribution in [3.8, 4) is 0 Å². The highest BCUT2D eigenvalue weighted by atomic mass is 32.2. The van der Waals surface area contributed by atoms with E-state index in [0.717, 1.165) is 4.31 Å². The molecule has 2 atom stereocenters. The summed E-state index contributed by atoms with van der Waals surface area (Å²) >= 11 is 0. The van der Waals surface area contributed by atoms with Crippen molar-refractivity contribution in [2.75, 3.05) is 19.4 Å². The number of sulfonamides is 1. The molecule has 0 fully saturated rings. The smallest absolute Gasteiger partial charge is 0.242 e. The maximum atomic E-state index is 13.9. The summed E-state index contributed by atoms with van der Waals surface area (Å²) in [5.41, 5.74) is 0.839. The van der Waals surface area contributed by atoms with Crippen molar-refractivity contribution in [3.05, 3.63) is 59.9 Å². The van der Waals surface area contributed by atoms with Gasteiger partial charge in [0.05, 0.1) is 10.9 Å². The first-order valence-electron chi connectivity index (χ1n) is 8.47. The van der Waals surface area contributed by atoms with Crippen LogP contribution in [-0.2, 0) is 14.8 Å². The SMILES string of the molecule is CC(NC(C)c1ccccc1F)C(=O)Nc1cccc(S(=O)(=O)N(C)C)c1. The van der Waals surface area contributed by atoms with Crippen LogP contribution in [0.3, 0.4) is 0 Å². The molecule has 27 heavy (non-hydrogen) atoms. The molecule has 2 aromatic rings. The molecule has 0 saturated carbocycles. The predicted molar refractivity (Wildman–Crippen MR) is 103 cm³/mol. The molecule has 0 heterocycles. The molecule has 8 heteroatoms. The lowest BCUT2D eigenvalue weighted by Gasteiger charge is -2.20. The molecule has 2 N–H and O–H groups in total. The van der Waals surface area contributed by atoms with Crippen LogP contribution in [-0.4, -0.2) is 38.8 Å². The Labute approximate surface area is 159 Å². The van der Waals surface area contributed by atoms with Gasteiger partial charge in [0.1, 0.15) is 5.82 Å². The summed E-state index contributed by atoms with van der Waals surface area (Å²) in [5.74, 6) is -0.690. The second kappa shape index (κ2) is 8.60. The Bertz CT molecular complexity index is 916. The first-order chi connectivity index (χ1) is 12.6. The summed E-state index contributed by atoms with van der Waals surface area (Å²) in [7, 11) is -0.708. The fourth-order valence-electron chi connectivity index (χ4n) is 2.56. The van der Waals surface area contributed by atoms with E-state index in [1.165, 1.54) is 32.3 Å². The number of anilines is 1. The van der Waals surface area contributed by atoms with Crippen LogP contribution in [0, 0.1) is 5.82 Å². The van der Waals surface area contributed by atoms with E-state index in [2.05, 4.69) is 10.6 Å². The van der Waals surface area contributed by atoms with E-state index in [-0.39, 0.29) is 22.7 Å². The second-order valence-electron chi connectivity index (χ2n) is 6.44. The summed E-state index contributed by atoms with van der Waals surface area (Å²) in [4.78, 5) is 12.5. The van der Waals surface area contributed by atoms with Gasteiger partial charge in [0.2, 0.25) is 15.9 Å². The van der Waals surface area contributed by atoms with Crippen LogP contribution >= 0.6 is 0 Å². The van der Waals surface area contributed by atoms with E-state index in [9.17, 15) is 17.6 Å². The fraction of sp³-hybridized carbons (Fsp3) is 0.316. The molecule has 2 rings (SSSR count). The van der Waals surface area contributed by atoms with E-state index in [0.29, 0.717) is 11.3 Å². The van der Waals surface area contributed by atoms with Crippen molar-refractivity contribution in [1.29, 1.82) is 0 Å². The average Bonchev–Trinajstić information content (AvgIpc) is 2.62. The Morgan fingerprint density at radius 1 is 1.07 bits per heavy atom. The van der Waals surface area contributed by atoms with Crippen LogP contribution in [0.25, 0.3) is 0 Å². The molecule has 0 aliphatic carbocycles. The number of rotatable bonds is 7. The van der Waals surface area contributed by atoms with Crippen molar-refractivity contribution >= 4 is 21.6 Å². The monoisotopic (exact) mass is 393 g/mol. The quantitative estimate of drug-likeness (QED) is 0.758. The lowest BCUT2D eigenvalue weighted by molar-refractivity contribution is -0.117. The van der Waals surface area contributed by atoms with E-state index in [1.54, 1.807) is 44.2 Å². The van der Waals surface area contributed by atoms with Gasteiger partial charge in [0, 0.05) is 31.4 Å². The van der Waals surface area contributed by atoms with Crippen LogP contribution in [0.5, 0.6) is 0 Å². The van der Waals surface area contributed by atoms with Crippen molar-refractivity contribution in [1.82, 2.24) is 9.62 Å². The number of nitrogens with one attached hydrogen (secondary N) is 2. The minimum atomic E-state index is -3.59. The minimum absolute atomic E-state index is 0.0886. The summed E-state index contributed by atoms with van der Waals surface area (Å²) in [6.45, 7) is 3.43. The van der Waals surface area contributed by atoms with Gasteiger partial charge in [0.25, 0.3) is 0 Å². The van der Waals surface area contributed by atoms with E-state index < -0.39 is 16.1 Å². The zero-order chi connectivity index (χ0) is 20.2. The second-order valence-corrected chi connectivity index (χ2v) is 8.59. The fourth-order valence-corrected chi connectivity index (χ4v) is 3.51. The van der Waals surface area contributed by atoms with Crippen molar-refractivity contribution < 1.29 is 17.6 Å². The average molecular weight is 393 g/mol. The molecule has 146 valence electrons. The normalized spacial score (nSPS) is 14.0. The molecule has 0 aromatic heterocycles. The van der Waals surface area contributed by atoms with E-state index in [1.807, 2.05) is 0 Å². The molecular weight excluding hydrogens is 369 g/mol. The van der Waals surface area contributed by atoms with Crippen molar-refractivity contribution in [2.45, 2.75) is 30.8 Å². The molecule has 0 radical (unpaired) electrons. The van der Waals surface area contributed by atoms with Crippen LogP contribution in [0.2, 0.25) is 0 Å². The number of halogens is 1. The maximum absolute atomic E-state index is 13.9. The van der Waals surface area contributed by atoms with Crippen LogP contribution < -0.4 is 10.6 Å². The highest BCUT2D eigenvalue weighted by molar-refractivity contribution is 7.89. The zero-order valence-electron chi connectivity index (χ0n) is 15.7.